The van der Waals surface area contributed by atoms with E-state index in [1.165, 1.54) is 0 Å². The number of aromatic nitrogens is 4. The second-order valence-electron chi connectivity index (χ2n) is 6.04. The van der Waals surface area contributed by atoms with E-state index in [9.17, 15) is 4.79 Å². The van der Waals surface area contributed by atoms with Gasteiger partial charge in [0.1, 0.15) is 11.6 Å². The molecule has 0 aromatic carbocycles. The monoisotopic (exact) mass is 325 g/mol. The van der Waals surface area contributed by atoms with Gasteiger partial charge in [0, 0.05) is 31.1 Å². The molecule has 1 aliphatic rings. The quantitative estimate of drug-likeness (QED) is 0.725. The van der Waals surface area contributed by atoms with Crippen LogP contribution in [0.15, 0.2) is 28.9 Å². The van der Waals surface area contributed by atoms with Crippen LogP contribution in [0.1, 0.15) is 46.9 Å². The van der Waals surface area contributed by atoms with Gasteiger partial charge in [-0.25, -0.2) is 0 Å². The molecule has 3 aromatic rings. The molecule has 124 valence electrons. The molecule has 1 amide bonds. The van der Waals surface area contributed by atoms with Gasteiger partial charge < -0.3 is 9.84 Å². The molecule has 0 saturated heterocycles. The van der Waals surface area contributed by atoms with Gasteiger partial charge in [-0.2, -0.15) is 0 Å². The summed E-state index contributed by atoms with van der Waals surface area (Å²) in [6.07, 6.45) is 7.46. The molecule has 4 rings (SSSR count). The third-order valence-electron chi connectivity index (χ3n) is 4.41. The molecule has 0 fully saturated rings. The maximum Gasteiger partial charge on any atom is 0.273 e. The molecule has 0 aliphatic heterocycles. The summed E-state index contributed by atoms with van der Waals surface area (Å²) in [5.74, 6) is 1.63. The largest absolute Gasteiger partial charge is 0.360 e. The van der Waals surface area contributed by atoms with Crippen LogP contribution in [-0.4, -0.2) is 32.2 Å². The van der Waals surface area contributed by atoms with E-state index in [1.54, 1.807) is 0 Å². The first-order chi connectivity index (χ1) is 11.8. The lowest BCUT2D eigenvalue weighted by Crippen LogP contribution is -2.26. The van der Waals surface area contributed by atoms with Crippen molar-refractivity contribution < 1.29 is 9.32 Å². The standard InChI is InChI=1S/C17H19N5O2/c23-17(16-12-6-1-2-7-13(12)24-21-16)18-10-5-9-15-20-19-14-8-3-4-11-22(14)15/h3-4,8,11H,1-2,5-7,9-10H2,(H,18,23). The molecule has 0 radical (unpaired) electrons. The number of rotatable bonds is 5. The van der Waals surface area contributed by atoms with E-state index in [0.717, 1.165) is 61.3 Å². The minimum Gasteiger partial charge on any atom is -0.360 e. The van der Waals surface area contributed by atoms with Crippen LogP contribution in [0, 0.1) is 0 Å². The average Bonchev–Trinajstić information content (AvgIpc) is 3.23. The van der Waals surface area contributed by atoms with Crippen LogP contribution in [0.3, 0.4) is 0 Å². The predicted molar refractivity (Wildman–Crippen MR) is 86.8 cm³/mol. The van der Waals surface area contributed by atoms with Crippen molar-refractivity contribution in [3.05, 3.63) is 47.2 Å². The Balaban J connectivity index is 1.33. The van der Waals surface area contributed by atoms with Gasteiger partial charge in [0.15, 0.2) is 11.3 Å². The summed E-state index contributed by atoms with van der Waals surface area (Å²) in [6, 6.07) is 5.81. The molecule has 3 heterocycles. The van der Waals surface area contributed by atoms with Crippen LogP contribution >= 0.6 is 0 Å². The summed E-state index contributed by atoms with van der Waals surface area (Å²) in [4.78, 5) is 12.3. The fourth-order valence-corrected chi connectivity index (χ4v) is 3.16. The Morgan fingerprint density at radius 1 is 1.25 bits per heavy atom. The van der Waals surface area contributed by atoms with E-state index >= 15 is 0 Å². The fraction of sp³-hybridized carbons (Fsp3) is 0.412. The van der Waals surface area contributed by atoms with Crippen LogP contribution in [0.25, 0.3) is 5.65 Å². The van der Waals surface area contributed by atoms with E-state index in [4.69, 9.17) is 4.52 Å². The van der Waals surface area contributed by atoms with Gasteiger partial charge in [-0.3, -0.25) is 9.20 Å². The second kappa shape index (κ2) is 6.43. The Bertz CT molecular complexity index is 867. The van der Waals surface area contributed by atoms with Gasteiger partial charge in [0.25, 0.3) is 5.91 Å². The van der Waals surface area contributed by atoms with Gasteiger partial charge in [-0.05, 0) is 37.8 Å². The number of carbonyl (C=O) groups excluding carboxylic acids is 1. The highest BCUT2D eigenvalue weighted by atomic mass is 16.5. The van der Waals surface area contributed by atoms with Crippen molar-refractivity contribution in [2.75, 3.05) is 6.54 Å². The van der Waals surface area contributed by atoms with Crippen molar-refractivity contribution in [1.29, 1.82) is 0 Å². The first-order valence-corrected chi connectivity index (χ1v) is 8.37. The number of pyridine rings is 1. The maximum atomic E-state index is 12.3. The number of nitrogens with one attached hydrogen (secondary N) is 1. The van der Waals surface area contributed by atoms with E-state index in [2.05, 4.69) is 20.7 Å². The summed E-state index contributed by atoms with van der Waals surface area (Å²) in [6.45, 7) is 0.572. The van der Waals surface area contributed by atoms with E-state index in [1.807, 2.05) is 28.8 Å². The van der Waals surface area contributed by atoms with Crippen molar-refractivity contribution in [3.63, 3.8) is 0 Å². The molecule has 7 heteroatoms. The van der Waals surface area contributed by atoms with E-state index < -0.39 is 0 Å². The summed E-state index contributed by atoms with van der Waals surface area (Å²) in [5, 5.41) is 15.2. The zero-order chi connectivity index (χ0) is 16.4. The molecule has 0 unspecified atom stereocenters. The zero-order valence-corrected chi connectivity index (χ0v) is 13.4. The number of hydrogen-bond acceptors (Lipinski definition) is 5. The van der Waals surface area contributed by atoms with Crippen LogP contribution in [0.5, 0.6) is 0 Å². The normalized spacial score (nSPS) is 13.8. The van der Waals surface area contributed by atoms with E-state index in [-0.39, 0.29) is 5.91 Å². The molecule has 7 nitrogen and oxygen atoms in total. The molecule has 0 atom stereocenters. The molecule has 0 saturated carbocycles. The Morgan fingerprint density at radius 2 is 2.17 bits per heavy atom. The number of nitrogens with zero attached hydrogens (tertiary/aromatic N) is 4. The molecule has 1 aliphatic carbocycles. The summed E-state index contributed by atoms with van der Waals surface area (Å²) >= 11 is 0. The molecule has 3 aromatic heterocycles. The molecule has 0 spiro atoms. The third kappa shape index (κ3) is 2.77. The topological polar surface area (TPSA) is 85.3 Å². The first kappa shape index (κ1) is 14.9. The van der Waals surface area contributed by atoms with Crippen LogP contribution in [0.4, 0.5) is 0 Å². The SMILES string of the molecule is O=C(NCCCc1nnc2ccccn12)c1noc2c1CCCC2. The minimum atomic E-state index is -0.145. The van der Waals surface area contributed by atoms with Crippen LogP contribution in [0.2, 0.25) is 0 Å². The average molecular weight is 325 g/mol. The number of carbonyl (C=O) groups is 1. The Kier molecular flexibility index (Phi) is 3.98. The number of fused-ring (bicyclic) bond motifs is 2. The highest BCUT2D eigenvalue weighted by Gasteiger charge is 2.23. The fourth-order valence-electron chi connectivity index (χ4n) is 3.16. The van der Waals surface area contributed by atoms with Crippen molar-refractivity contribution in [2.24, 2.45) is 0 Å². The highest BCUT2D eigenvalue weighted by molar-refractivity contribution is 5.93. The summed E-state index contributed by atoms with van der Waals surface area (Å²) in [5.41, 5.74) is 2.28. The Morgan fingerprint density at radius 3 is 3.12 bits per heavy atom. The lowest BCUT2D eigenvalue weighted by molar-refractivity contribution is 0.0943. The lowest BCUT2D eigenvalue weighted by atomic mass is 9.96. The van der Waals surface area contributed by atoms with Gasteiger partial charge >= 0.3 is 0 Å². The zero-order valence-electron chi connectivity index (χ0n) is 13.4. The van der Waals surface area contributed by atoms with Crippen LogP contribution < -0.4 is 5.32 Å². The second-order valence-corrected chi connectivity index (χ2v) is 6.04. The molecule has 1 N–H and O–H groups in total. The Hall–Kier alpha value is -2.70. The highest BCUT2D eigenvalue weighted by Crippen LogP contribution is 2.24. The number of amides is 1. The molecule has 0 bridgehead atoms. The van der Waals surface area contributed by atoms with Gasteiger partial charge in [0.2, 0.25) is 0 Å². The van der Waals surface area contributed by atoms with Crippen molar-refractivity contribution in [3.8, 4) is 0 Å². The third-order valence-corrected chi connectivity index (χ3v) is 4.41. The van der Waals surface area contributed by atoms with Gasteiger partial charge in [0.05, 0.1) is 0 Å². The van der Waals surface area contributed by atoms with Gasteiger partial charge in [-0.1, -0.05) is 11.2 Å². The molecule has 24 heavy (non-hydrogen) atoms. The Labute approximate surface area is 139 Å². The number of aryl methyl sites for hydroxylation is 2. The predicted octanol–water partition coefficient (Wildman–Crippen LogP) is 1.96. The first-order valence-electron chi connectivity index (χ1n) is 8.37. The lowest BCUT2D eigenvalue weighted by Gasteiger charge is -2.09. The number of hydrogen-bond donors (Lipinski definition) is 1. The smallest absolute Gasteiger partial charge is 0.273 e. The summed E-state index contributed by atoms with van der Waals surface area (Å²) in [7, 11) is 0. The molecular weight excluding hydrogens is 306 g/mol. The van der Waals surface area contributed by atoms with Gasteiger partial charge in [-0.15, -0.1) is 10.2 Å². The maximum absolute atomic E-state index is 12.3. The minimum absolute atomic E-state index is 0.145. The van der Waals surface area contributed by atoms with E-state index in [0.29, 0.717) is 12.2 Å². The van der Waals surface area contributed by atoms with Crippen LogP contribution in [-0.2, 0) is 19.3 Å². The van der Waals surface area contributed by atoms with Crippen molar-refractivity contribution >= 4 is 11.6 Å². The molecular formula is C17H19N5O2. The van der Waals surface area contributed by atoms with Crippen molar-refractivity contribution in [2.45, 2.75) is 38.5 Å². The summed E-state index contributed by atoms with van der Waals surface area (Å²) < 4.78 is 7.26. The van der Waals surface area contributed by atoms with Crippen molar-refractivity contribution in [1.82, 2.24) is 25.1 Å².